The molecule has 4 rings (SSSR count). The summed E-state index contributed by atoms with van der Waals surface area (Å²) in [5, 5.41) is 21.4. The molecule has 0 unspecified atom stereocenters. The molecule has 1 aromatic carbocycles. The average molecular weight is 439 g/mol. The fourth-order valence-corrected chi connectivity index (χ4v) is 3.53. The molecule has 0 spiro atoms. The second kappa shape index (κ2) is 8.63. The second-order valence-electron chi connectivity index (χ2n) is 7.24. The van der Waals surface area contributed by atoms with E-state index in [1.165, 1.54) is 13.2 Å². The first kappa shape index (κ1) is 21.2. The fourth-order valence-electron chi connectivity index (χ4n) is 3.53. The molecule has 3 heterocycles. The molecule has 1 fully saturated rings. The van der Waals surface area contributed by atoms with Gasteiger partial charge in [0.15, 0.2) is 5.82 Å². The Labute approximate surface area is 181 Å². The van der Waals surface area contributed by atoms with Crippen LogP contribution in [0.3, 0.4) is 0 Å². The van der Waals surface area contributed by atoms with E-state index in [1.807, 2.05) is 24.3 Å². The van der Waals surface area contributed by atoms with Gasteiger partial charge in [0.25, 0.3) is 11.5 Å². The number of carboxylic acid groups (broad SMARTS) is 1. The number of pyridine rings is 1. The van der Waals surface area contributed by atoms with E-state index < -0.39 is 35.3 Å². The van der Waals surface area contributed by atoms with Gasteiger partial charge in [0, 0.05) is 37.6 Å². The minimum absolute atomic E-state index is 0.0984. The number of aromatic nitrogens is 3. The van der Waals surface area contributed by atoms with E-state index in [0.717, 1.165) is 28.9 Å². The van der Waals surface area contributed by atoms with Crippen molar-refractivity contribution >= 4 is 28.6 Å². The SMILES string of the molecule is Cn1c(=O)c(C(=O)NCC(=O)O)c(O)c2cnc(-c3ccc(N4CCOCC4)cc3)nc21. The number of carboxylic acids is 1. The molecule has 11 nitrogen and oxygen atoms in total. The maximum Gasteiger partial charge on any atom is 0.322 e. The number of carbonyl (C=O) groups is 2. The van der Waals surface area contributed by atoms with Crippen LogP contribution in [0.1, 0.15) is 10.4 Å². The van der Waals surface area contributed by atoms with E-state index >= 15 is 0 Å². The molecule has 0 bridgehead atoms. The maximum atomic E-state index is 12.7. The highest BCUT2D eigenvalue weighted by atomic mass is 16.5. The molecule has 166 valence electrons. The smallest absolute Gasteiger partial charge is 0.322 e. The van der Waals surface area contributed by atoms with E-state index in [1.54, 1.807) is 0 Å². The summed E-state index contributed by atoms with van der Waals surface area (Å²) >= 11 is 0. The number of carbonyl (C=O) groups excluding carboxylic acids is 1. The van der Waals surface area contributed by atoms with Crippen LogP contribution in [0.2, 0.25) is 0 Å². The Morgan fingerprint density at radius 3 is 2.53 bits per heavy atom. The molecule has 11 heteroatoms. The molecular weight excluding hydrogens is 418 g/mol. The summed E-state index contributed by atoms with van der Waals surface area (Å²) in [6.07, 6.45) is 1.33. The summed E-state index contributed by atoms with van der Waals surface area (Å²) in [4.78, 5) is 46.5. The van der Waals surface area contributed by atoms with Gasteiger partial charge in [0.2, 0.25) is 0 Å². The van der Waals surface area contributed by atoms with Gasteiger partial charge in [-0.25, -0.2) is 9.97 Å². The summed E-state index contributed by atoms with van der Waals surface area (Å²) in [5.74, 6) is -2.51. The lowest BCUT2D eigenvalue weighted by Gasteiger charge is -2.28. The van der Waals surface area contributed by atoms with Crippen molar-refractivity contribution in [1.82, 2.24) is 19.9 Å². The van der Waals surface area contributed by atoms with Gasteiger partial charge in [-0.2, -0.15) is 0 Å². The van der Waals surface area contributed by atoms with Gasteiger partial charge in [-0.05, 0) is 24.3 Å². The predicted octanol–water partition coefficient (Wildman–Crippen LogP) is 0.352. The van der Waals surface area contributed by atoms with Crippen molar-refractivity contribution in [3.05, 3.63) is 46.4 Å². The zero-order chi connectivity index (χ0) is 22.8. The van der Waals surface area contributed by atoms with Crippen molar-refractivity contribution in [3.8, 4) is 17.1 Å². The van der Waals surface area contributed by atoms with Gasteiger partial charge in [-0.1, -0.05) is 0 Å². The highest BCUT2D eigenvalue weighted by molar-refractivity contribution is 6.02. The first-order valence-corrected chi connectivity index (χ1v) is 9.88. The van der Waals surface area contributed by atoms with Crippen molar-refractivity contribution in [1.29, 1.82) is 0 Å². The second-order valence-corrected chi connectivity index (χ2v) is 7.24. The summed E-state index contributed by atoms with van der Waals surface area (Å²) < 4.78 is 6.49. The molecule has 1 saturated heterocycles. The Morgan fingerprint density at radius 1 is 1.19 bits per heavy atom. The number of fused-ring (bicyclic) bond motifs is 1. The Balaban J connectivity index is 1.69. The van der Waals surface area contributed by atoms with Crippen LogP contribution in [-0.4, -0.2) is 69.5 Å². The summed E-state index contributed by atoms with van der Waals surface area (Å²) in [5.41, 5.74) is 0.557. The lowest BCUT2D eigenvalue weighted by molar-refractivity contribution is -0.135. The quantitative estimate of drug-likeness (QED) is 0.512. The lowest BCUT2D eigenvalue weighted by Crippen LogP contribution is -2.36. The molecule has 3 N–H and O–H groups in total. The van der Waals surface area contributed by atoms with Crippen molar-refractivity contribution in [3.63, 3.8) is 0 Å². The number of amides is 1. The number of benzene rings is 1. The van der Waals surface area contributed by atoms with Crippen LogP contribution in [-0.2, 0) is 16.6 Å². The minimum Gasteiger partial charge on any atom is -0.506 e. The first-order chi connectivity index (χ1) is 15.4. The number of anilines is 1. The minimum atomic E-state index is -1.27. The Morgan fingerprint density at radius 2 is 1.88 bits per heavy atom. The van der Waals surface area contributed by atoms with Crippen LogP contribution in [0.15, 0.2) is 35.3 Å². The number of aryl methyl sites for hydroxylation is 1. The number of aliphatic carboxylic acids is 1. The van der Waals surface area contributed by atoms with Gasteiger partial charge >= 0.3 is 5.97 Å². The van der Waals surface area contributed by atoms with Crippen LogP contribution >= 0.6 is 0 Å². The molecule has 0 saturated carbocycles. The number of nitrogens with zero attached hydrogens (tertiary/aromatic N) is 4. The summed E-state index contributed by atoms with van der Waals surface area (Å²) in [6, 6.07) is 7.66. The zero-order valence-corrected chi connectivity index (χ0v) is 17.2. The molecule has 3 aromatic rings. The summed E-state index contributed by atoms with van der Waals surface area (Å²) in [7, 11) is 1.41. The highest BCUT2D eigenvalue weighted by Gasteiger charge is 2.23. The van der Waals surface area contributed by atoms with Crippen LogP contribution in [0.25, 0.3) is 22.4 Å². The monoisotopic (exact) mass is 439 g/mol. The van der Waals surface area contributed by atoms with Crippen molar-refractivity contribution in [2.24, 2.45) is 7.05 Å². The van der Waals surface area contributed by atoms with Crippen molar-refractivity contribution in [2.75, 3.05) is 37.7 Å². The highest BCUT2D eigenvalue weighted by Crippen LogP contribution is 2.27. The topological polar surface area (TPSA) is 147 Å². The number of aromatic hydroxyl groups is 1. The first-order valence-electron chi connectivity index (χ1n) is 9.88. The van der Waals surface area contributed by atoms with Crippen molar-refractivity contribution in [2.45, 2.75) is 0 Å². The third kappa shape index (κ3) is 3.97. The molecule has 0 aliphatic carbocycles. The van der Waals surface area contributed by atoms with Gasteiger partial charge in [-0.15, -0.1) is 0 Å². The van der Waals surface area contributed by atoms with E-state index in [-0.39, 0.29) is 11.0 Å². The Hall–Kier alpha value is -3.99. The van der Waals surface area contributed by atoms with Gasteiger partial charge in [0.1, 0.15) is 23.5 Å². The van der Waals surface area contributed by atoms with E-state index in [0.29, 0.717) is 19.0 Å². The molecule has 1 aliphatic heterocycles. The van der Waals surface area contributed by atoms with E-state index in [9.17, 15) is 19.5 Å². The molecular formula is C21H21N5O6. The number of nitrogens with one attached hydrogen (secondary N) is 1. The number of hydrogen-bond donors (Lipinski definition) is 3. The van der Waals surface area contributed by atoms with Gasteiger partial charge in [-0.3, -0.25) is 19.0 Å². The average Bonchev–Trinajstić information content (AvgIpc) is 2.82. The standard InChI is InChI=1S/C21H21N5O6/c1-25-19-14(17(29)16(21(25)31)20(30)23-11-15(27)28)10-22-18(24-19)12-2-4-13(5-3-12)26-6-8-32-9-7-26/h2-5,10,29H,6-9,11H2,1H3,(H,23,30)(H,27,28). The largest absolute Gasteiger partial charge is 0.506 e. The Bertz CT molecular complexity index is 1250. The Kier molecular flexibility index (Phi) is 5.73. The third-order valence-electron chi connectivity index (χ3n) is 5.23. The van der Waals surface area contributed by atoms with Crippen LogP contribution in [0.4, 0.5) is 5.69 Å². The molecule has 0 radical (unpaired) electrons. The molecule has 1 amide bonds. The van der Waals surface area contributed by atoms with Crippen LogP contribution in [0, 0.1) is 0 Å². The van der Waals surface area contributed by atoms with Crippen LogP contribution in [0.5, 0.6) is 5.75 Å². The third-order valence-corrected chi connectivity index (χ3v) is 5.23. The normalized spacial score (nSPS) is 13.8. The van der Waals surface area contributed by atoms with E-state index in [4.69, 9.17) is 9.84 Å². The zero-order valence-electron chi connectivity index (χ0n) is 17.2. The van der Waals surface area contributed by atoms with Crippen molar-refractivity contribution < 1.29 is 24.5 Å². The number of hydrogen-bond acceptors (Lipinski definition) is 8. The predicted molar refractivity (Wildman–Crippen MR) is 115 cm³/mol. The molecule has 0 atom stereocenters. The fraction of sp³-hybridized carbons (Fsp3) is 0.286. The van der Waals surface area contributed by atoms with Gasteiger partial charge in [0.05, 0.1) is 18.6 Å². The van der Waals surface area contributed by atoms with E-state index in [2.05, 4.69) is 20.2 Å². The lowest BCUT2D eigenvalue weighted by atomic mass is 10.1. The molecule has 1 aliphatic rings. The summed E-state index contributed by atoms with van der Waals surface area (Å²) in [6.45, 7) is 2.31. The van der Waals surface area contributed by atoms with Crippen LogP contribution < -0.4 is 15.8 Å². The number of rotatable bonds is 5. The maximum absolute atomic E-state index is 12.7. The molecule has 2 aromatic heterocycles. The van der Waals surface area contributed by atoms with Gasteiger partial charge < -0.3 is 25.2 Å². The number of ether oxygens (including phenoxy) is 1. The molecule has 32 heavy (non-hydrogen) atoms. The number of morpholine rings is 1.